The fraction of sp³-hybridized carbons (Fsp3) is 0.500. The first-order chi connectivity index (χ1) is 7.67. The van der Waals surface area contributed by atoms with Crippen molar-refractivity contribution < 1.29 is 13.9 Å². The number of aliphatic hydroxyl groups is 1. The largest absolute Gasteiger partial charge is 0.396 e. The molecule has 0 aliphatic heterocycles. The van der Waals surface area contributed by atoms with Gasteiger partial charge in [0.15, 0.2) is 11.6 Å². The lowest BCUT2D eigenvalue weighted by molar-refractivity contribution is 0.225. The topological polar surface area (TPSA) is 23.5 Å². The zero-order valence-corrected chi connectivity index (χ0v) is 9.42. The van der Waals surface area contributed by atoms with E-state index in [4.69, 9.17) is 5.11 Å². The minimum Gasteiger partial charge on any atom is -0.396 e. The van der Waals surface area contributed by atoms with Crippen LogP contribution in [0.15, 0.2) is 18.2 Å². The van der Waals surface area contributed by atoms with Gasteiger partial charge in [0.2, 0.25) is 0 Å². The van der Waals surface area contributed by atoms with Crippen LogP contribution in [0.3, 0.4) is 0 Å². The van der Waals surface area contributed by atoms with Crippen molar-refractivity contribution in [2.75, 3.05) is 19.7 Å². The van der Waals surface area contributed by atoms with Gasteiger partial charge in [0.25, 0.3) is 0 Å². The third-order valence-corrected chi connectivity index (χ3v) is 2.47. The van der Waals surface area contributed by atoms with E-state index in [1.54, 1.807) is 6.07 Å². The van der Waals surface area contributed by atoms with E-state index in [9.17, 15) is 8.78 Å². The Morgan fingerprint density at radius 3 is 2.56 bits per heavy atom. The van der Waals surface area contributed by atoms with Crippen molar-refractivity contribution in [2.45, 2.75) is 19.9 Å². The van der Waals surface area contributed by atoms with E-state index in [2.05, 4.69) is 4.90 Å². The summed E-state index contributed by atoms with van der Waals surface area (Å²) >= 11 is 0. The minimum atomic E-state index is -0.817. The van der Waals surface area contributed by atoms with E-state index in [0.29, 0.717) is 13.0 Å². The smallest absolute Gasteiger partial charge is 0.159 e. The monoisotopic (exact) mass is 229 g/mol. The number of aliphatic hydroxyl groups excluding tert-OH is 1. The third kappa shape index (κ3) is 3.87. The molecule has 0 fully saturated rings. The minimum absolute atomic E-state index is 0.147. The molecule has 0 amide bonds. The SMILES string of the molecule is CCN(CCCO)Cc1ccc(F)c(F)c1. The maximum Gasteiger partial charge on any atom is 0.159 e. The van der Waals surface area contributed by atoms with Crippen molar-refractivity contribution in [3.05, 3.63) is 35.4 Å². The fourth-order valence-corrected chi connectivity index (χ4v) is 1.54. The Kier molecular flexibility index (Phi) is 5.35. The molecule has 0 aliphatic rings. The van der Waals surface area contributed by atoms with Gasteiger partial charge in [0, 0.05) is 19.7 Å². The molecule has 1 N–H and O–H groups in total. The highest BCUT2D eigenvalue weighted by molar-refractivity contribution is 5.17. The summed E-state index contributed by atoms with van der Waals surface area (Å²) in [5.74, 6) is -1.63. The van der Waals surface area contributed by atoms with Gasteiger partial charge in [-0.25, -0.2) is 8.78 Å². The quantitative estimate of drug-likeness (QED) is 0.808. The average Bonchev–Trinajstić information content (AvgIpc) is 2.29. The normalized spacial score (nSPS) is 11.1. The number of halogens is 2. The molecule has 0 saturated heterocycles. The van der Waals surface area contributed by atoms with Crippen LogP contribution in [0, 0.1) is 11.6 Å². The molecular weight excluding hydrogens is 212 g/mol. The van der Waals surface area contributed by atoms with Gasteiger partial charge in [0.05, 0.1) is 0 Å². The summed E-state index contributed by atoms with van der Waals surface area (Å²) < 4.78 is 25.7. The number of hydrogen-bond donors (Lipinski definition) is 1. The first kappa shape index (κ1) is 13.1. The van der Waals surface area contributed by atoms with Crippen LogP contribution in [0.2, 0.25) is 0 Å². The molecule has 0 aliphatic carbocycles. The lowest BCUT2D eigenvalue weighted by Crippen LogP contribution is -2.24. The van der Waals surface area contributed by atoms with Gasteiger partial charge in [-0.05, 0) is 30.7 Å². The molecule has 1 rings (SSSR count). The number of benzene rings is 1. The molecule has 0 bridgehead atoms. The highest BCUT2D eigenvalue weighted by Gasteiger charge is 2.06. The Morgan fingerprint density at radius 1 is 1.25 bits per heavy atom. The van der Waals surface area contributed by atoms with E-state index in [1.807, 2.05) is 6.92 Å². The zero-order chi connectivity index (χ0) is 12.0. The van der Waals surface area contributed by atoms with Gasteiger partial charge in [0.1, 0.15) is 0 Å². The van der Waals surface area contributed by atoms with Crippen molar-refractivity contribution >= 4 is 0 Å². The highest BCUT2D eigenvalue weighted by Crippen LogP contribution is 2.11. The van der Waals surface area contributed by atoms with Crippen molar-refractivity contribution in [3.63, 3.8) is 0 Å². The summed E-state index contributed by atoms with van der Waals surface area (Å²) in [5.41, 5.74) is 0.749. The lowest BCUT2D eigenvalue weighted by Gasteiger charge is -2.19. The van der Waals surface area contributed by atoms with Gasteiger partial charge < -0.3 is 5.11 Å². The molecule has 16 heavy (non-hydrogen) atoms. The standard InChI is InChI=1S/C12H17F2NO/c1-2-15(6-3-7-16)9-10-4-5-11(13)12(14)8-10/h4-5,8,16H,2-3,6-7,9H2,1H3. The van der Waals surface area contributed by atoms with Crippen LogP contribution >= 0.6 is 0 Å². The predicted molar refractivity (Wildman–Crippen MR) is 59.0 cm³/mol. The van der Waals surface area contributed by atoms with Crippen LogP contribution in [-0.2, 0) is 6.54 Å². The van der Waals surface area contributed by atoms with E-state index in [1.165, 1.54) is 6.07 Å². The molecule has 0 aromatic heterocycles. The predicted octanol–water partition coefficient (Wildman–Crippen LogP) is 2.17. The average molecular weight is 229 g/mol. The molecule has 0 radical (unpaired) electrons. The summed E-state index contributed by atoms with van der Waals surface area (Å²) in [6.07, 6.45) is 0.692. The van der Waals surface area contributed by atoms with Gasteiger partial charge in [-0.2, -0.15) is 0 Å². The second kappa shape index (κ2) is 6.55. The first-order valence-electron chi connectivity index (χ1n) is 5.44. The van der Waals surface area contributed by atoms with Gasteiger partial charge in [-0.1, -0.05) is 13.0 Å². The van der Waals surface area contributed by atoms with Crippen LogP contribution in [0.4, 0.5) is 8.78 Å². The first-order valence-corrected chi connectivity index (χ1v) is 5.44. The molecule has 0 spiro atoms. The van der Waals surface area contributed by atoms with E-state index in [0.717, 1.165) is 24.7 Å². The highest BCUT2D eigenvalue weighted by atomic mass is 19.2. The second-order valence-electron chi connectivity index (χ2n) is 3.69. The lowest BCUT2D eigenvalue weighted by atomic mass is 10.2. The maximum atomic E-state index is 13.0. The Morgan fingerprint density at radius 2 is 2.00 bits per heavy atom. The molecule has 0 atom stereocenters. The van der Waals surface area contributed by atoms with Crippen LogP contribution in [-0.4, -0.2) is 29.7 Å². The number of rotatable bonds is 6. The molecule has 0 unspecified atom stereocenters. The molecule has 90 valence electrons. The van der Waals surface area contributed by atoms with E-state index >= 15 is 0 Å². The fourth-order valence-electron chi connectivity index (χ4n) is 1.54. The molecular formula is C12H17F2NO. The van der Waals surface area contributed by atoms with Crippen LogP contribution in [0.5, 0.6) is 0 Å². The van der Waals surface area contributed by atoms with Gasteiger partial charge in [-0.15, -0.1) is 0 Å². The van der Waals surface area contributed by atoms with Gasteiger partial charge >= 0.3 is 0 Å². The Labute approximate surface area is 94.5 Å². The number of nitrogens with zero attached hydrogens (tertiary/aromatic N) is 1. The van der Waals surface area contributed by atoms with E-state index < -0.39 is 11.6 Å². The van der Waals surface area contributed by atoms with Crippen molar-refractivity contribution in [3.8, 4) is 0 Å². The maximum absolute atomic E-state index is 13.0. The summed E-state index contributed by atoms with van der Waals surface area (Å²) in [7, 11) is 0. The second-order valence-corrected chi connectivity index (χ2v) is 3.69. The Bertz CT molecular complexity index is 331. The molecule has 1 aromatic carbocycles. The summed E-state index contributed by atoms with van der Waals surface area (Å²) in [6, 6.07) is 3.95. The molecule has 1 aromatic rings. The summed E-state index contributed by atoms with van der Waals surface area (Å²) in [5, 5.41) is 8.72. The summed E-state index contributed by atoms with van der Waals surface area (Å²) in [6.45, 7) is 4.30. The molecule has 0 heterocycles. The van der Waals surface area contributed by atoms with Crippen LogP contribution in [0.1, 0.15) is 18.9 Å². The van der Waals surface area contributed by atoms with Gasteiger partial charge in [-0.3, -0.25) is 4.90 Å². The van der Waals surface area contributed by atoms with Crippen molar-refractivity contribution in [1.29, 1.82) is 0 Å². The molecule has 4 heteroatoms. The Balaban J connectivity index is 2.59. The number of hydrogen-bond acceptors (Lipinski definition) is 2. The molecule has 2 nitrogen and oxygen atoms in total. The van der Waals surface area contributed by atoms with Crippen LogP contribution in [0.25, 0.3) is 0 Å². The third-order valence-electron chi connectivity index (χ3n) is 2.47. The van der Waals surface area contributed by atoms with Crippen molar-refractivity contribution in [2.24, 2.45) is 0 Å². The molecule has 0 saturated carbocycles. The van der Waals surface area contributed by atoms with Crippen LogP contribution < -0.4 is 0 Å². The van der Waals surface area contributed by atoms with Crippen molar-refractivity contribution in [1.82, 2.24) is 4.90 Å². The Hall–Kier alpha value is -1.00. The summed E-state index contributed by atoms with van der Waals surface area (Å²) in [4.78, 5) is 2.07. The zero-order valence-electron chi connectivity index (χ0n) is 9.42. The van der Waals surface area contributed by atoms with E-state index in [-0.39, 0.29) is 6.61 Å².